The zero-order chi connectivity index (χ0) is 26.9. The molecule has 0 unspecified atom stereocenters. The molecule has 0 radical (unpaired) electrons. The van der Waals surface area contributed by atoms with Crippen LogP contribution in [0.2, 0.25) is 0 Å². The summed E-state index contributed by atoms with van der Waals surface area (Å²) in [4.78, 5) is 11.8. The van der Waals surface area contributed by atoms with Crippen LogP contribution in [0.5, 0.6) is 0 Å². The molecule has 10 N–H and O–H groups in total. The summed E-state index contributed by atoms with van der Waals surface area (Å²) < 4.78 is 27.7. The summed E-state index contributed by atoms with van der Waals surface area (Å²) in [6, 6.07) is -1.41. The fraction of sp³-hybridized carbons (Fsp3) is 0.950. The van der Waals surface area contributed by atoms with Crippen molar-refractivity contribution < 1.29 is 74.4 Å². The second-order valence-electron chi connectivity index (χ2n) is 9.05. The Morgan fingerprint density at radius 1 is 0.722 bits per heavy atom. The van der Waals surface area contributed by atoms with Crippen LogP contribution in [-0.2, 0) is 28.5 Å². The molecule has 0 aromatic rings. The molecule has 3 aliphatic heterocycles. The van der Waals surface area contributed by atoms with E-state index in [9.17, 15) is 50.8 Å². The number of aliphatic hydroxyl groups excluding tert-OH is 9. The van der Waals surface area contributed by atoms with Crippen LogP contribution in [0.3, 0.4) is 0 Å². The summed E-state index contributed by atoms with van der Waals surface area (Å²) in [7, 11) is 0. The highest BCUT2D eigenvalue weighted by molar-refractivity contribution is 5.73. The van der Waals surface area contributed by atoms with E-state index in [-0.39, 0.29) is 0 Å². The Morgan fingerprint density at radius 3 is 1.81 bits per heavy atom. The summed E-state index contributed by atoms with van der Waals surface area (Å²) in [5.74, 6) is -0.640. The van der Waals surface area contributed by atoms with Crippen molar-refractivity contribution in [3.63, 3.8) is 0 Å². The topological polar surface area (TPSA) is 257 Å². The average molecular weight is 529 g/mol. The van der Waals surface area contributed by atoms with Gasteiger partial charge in [-0.25, -0.2) is 0 Å². The van der Waals surface area contributed by atoms with Crippen molar-refractivity contribution in [3.05, 3.63) is 0 Å². The van der Waals surface area contributed by atoms with Crippen molar-refractivity contribution in [1.29, 1.82) is 0 Å². The fourth-order valence-electron chi connectivity index (χ4n) is 4.40. The number of nitrogens with one attached hydrogen (secondary N) is 1. The van der Waals surface area contributed by atoms with Crippen LogP contribution < -0.4 is 5.32 Å². The smallest absolute Gasteiger partial charge is 0.217 e. The predicted molar refractivity (Wildman–Crippen MR) is 111 cm³/mol. The highest BCUT2D eigenvalue weighted by Crippen LogP contribution is 2.32. The fourth-order valence-corrected chi connectivity index (χ4v) is 4.40. The largest absolute Gasteiger partial charge is 0.394 e. The molecule has 3 heterocycles. The Bertz CT molecular complexity index is 729. The van der Waals surface area contributed by atoms with Gasteiger partial charge < -0.3 is 75.0 Å². The lowest BCUT2D eigenvalue weighted by molar-refractivity contribution is -0.370. The third-order valence-corrected chi connectivity index (χ3v) is 6.45. The first-order valence-electron chi connectivity index (χ1n) is 11.4. The zero-order valence-electron chi connectivity index (χ0n) is 19.5. The number of ether oxygens (including phenoxy) is 5. The Balaban J connectivity index is 1.92. The van der Waals surface area contributed by atoms with Gasteiger partial charge in [0.15, 0.2) is 18.9 Å². The van der Waals surface area contributed by atoms with E-state index in [0.717, 1.165) is 6.92 Å². The molecule has 0 aliphatic carbocycles. The minimum absolute atomic E-state index is 0.640. The molecule has 16 heteroatoms. The van der Waals surface area contributed by atoms with Crippen molar-refractivity contribution in [2.24, 2.45) is 0 Å². The van der Waals surface area contributed by atoms with Crippen LogP contribution in [0.1, 0.15) is 13.8 Å². The maximum Gasteiger partial charge on any atom is 0.217 e. The second kappa shape index (κ2) is 12.2. The van der Waals surface area contributed by atoms with Crippen molar-refractivity contribution in [1.82, 2.24) is 5.32 Å². The molecule has 3 saturated heterocycles. The number of carbonyl (C=O) groups is 1. The van der Waals surface area contributed by atoms with Crippen molar-refractivity contribution in [2.45, 2.75) is 106 Å². The first-order valence-corrected chi connectivity index (χ1v) is 11.4. The van der Waals surface area contributed by atoms with E-state index in [0.29, 0.717) is 0 Å². The van der Waals surface area contributed by atoms with E-state index in [1.165, 1.54) is 6.92 Å². The van der Waals surface area contributed by atoms with Crippen LogP contribution in [-0.4, -0.2) is 157 Å². The summed E-state index contributed by atoms with van der Waals surface area (Å²) in [6.45, 7) is 1.00. The number of hydrogen-bond acceptors (Lipinski definition) is 15. The van der Waals surface area contributed by atoms with E-state index >= 15 is 0 Å². The summed E-state index contributed by atoms with van der Waals surface area (Å²) in [5, 5.41) is 93.2. The molecule has 15 atom stereocenters. The number of carbonyl (C=O) groups excluding carboxylic acids is 1. The molecule has 1 amide bonds. The van der Waals surface area contributed by atoms with Crippen LogP contribution in [0, 0.1) is 0 Å². The SMILES string of the molecule is CC(=O)N[C@@H]1[C@@H](O[C@@H]2O[C@@H](C)[C@H](O)[C@@H](O)[C@H]2O)[C@H](O[C@H]2O[C@H](CO)[C@@H](O)[C@H](O)[C@H]2O)[C@@H](CO)O[C@H]1O. The quantitative estimate of drug-likeness (QED) is 0.147. The van der Waals surface area contributed by atoms with E-state index in [1.54, 1.807) is 0 Å². The predicted octanol–water partition coefficient (Wildman–Crippen LogP) is -6.40. The Hall–Kier alpha value is -1.09. The molecule has 3 fully saturated rings. The maximum atomic E-state index is 11.8. The zero-order valence-corrected chi connectivity index (χ0v) is 19.5. The van der Waals surface area contributed by atoms with Crippen LogP contribution in [0.4, 0.5) is 0 Å². The molecule has 0 spiro atoms. The second-order valence-corrected chi connectivity index (χ2v) is 9.05. The van der Waals surface area contributed by atoms with E-state index in [1.807, 2.05) is 0 Å². The van der Waals surface area contributed by atoms with Gasteiger partial charge in [0.25, 0.3) is 0 Å². The van der Waals surface area contributed by atoms with Gasteiger partial charge in [-0.05, 0) is 6.92 Å². The van der Waals surface area contributed by atoms with Gasteiger partial charge in [-0.15, -0.1) is 0 Å². The van der Waals surface area contributed by atoms with E-state index < -0.39 is 111 Å². The standard InChI is InChI=1S/C20H35NO15/c1-5-10(25)12(27)14(29)19(32-5)36-17-9(21-6(2)24)18(31)33-8(4-23)16(17)35-20-15(30)13(28)11(26)7(3-22)34-20/h5,7-20,22-23,25-31H,3-4H2,1-2H3,(H,21,24)/t5-,7+,8+,9+,10-,11+,12+,13-,14+,15+,16+,17+,18+,19-,20+/m0/s1. The van der Waals surface area contributed by atoms with Gasteiger partial charge in [-0.1, -0.05) is 0 Å². The number of aliphatic hydroxyl groups is 9. The Morgan fingerprint density at radius 2 is 1.25 bits per heavy atom. The van der Waals surface area contributed by atoms with Crippen LogP contribution in [0.15, 0.2) is 0 Å². The molecule has 3 aliphatic rings. The molecule has 0 aromatic carbocycles. The van der Waals surface area contributed by atoms with Gasteiger partial charge in [-0.3, -0.25) is 4.79 Å². The summed E-state index contributed by atoms with van der Waals surface area (Å²) in [5.41, 5.74) is 0. The van der Waals surface area contributed by atoms with Gasteiger partial charge in [0.2, 0.25) is 5.91 Å². The Kier molecular flexibility index (Phi) is 9.97. The summed E-state index contributed by atoms with van der Waals surface area (Å²) in [6.07, 6.45) is -22.0. The van der Waals surface area contributed by atoms with Crippen molar-refractivity contribution in [3.8, 4) is 0 Å². The first kappa shape index (κ1) is 29.5. The van der Waals surface area contributed by atoms with Crippen molar-refractivity contribution >= 4 is 5.91 Å². The van der Waals surface area contributed by atoms with Crippen LogP contribution in [0.25, 0.3) is 0 Å². The van der Waals surface area contributed by atoms with Gasteiger partial charge in [0.1, 0.15) is 67.1 Å². The third-order valence-electron chi connectivity index (χ3n) is 6.45. The number of rotatable bonds is 7. The molecule has 0 aromatic heterocycles. The van der Waals surface area contributed by atoms with Gasteiger partial charge in [0, 0.05) is 6.92 Å². The lowest BCUT2D eigenvalue weighted by Gasteiger charge is -2.49. The molecule has 36 heavy (non-hydrogen) atoms. The Labute approximate surface area is 205 Å². The first-order chi connectivity index (χ1) is 16.9. The van der Waals surface area contributed by atoms with E-state index in [2.05, 4.69) is 5.32 Å². The molecular weight excluding hydrogens is 494 g/mol. The normalized spacial score (nSPS) is 50.0. The molecular formula is C20H35NO15. The minimum atomic E-state index is -1.85. The lowest BCUT2D eigenvalue weighted by atomic mass is 9.94. The minimum Gasteiger partial charge on any atom is -0.394 e. The monoisotopic (exact) mass is 529 g/mol. The summed E-state index contributed by atoms with van der Waals surface area (Å²) >= 11 is 0. The highest BCUT2D eigenvalue weighted by atomic mass is 16.7. The van der Waals surface area contributed by atoms with Gasteiger partial charge in [-0.2, -0.15) is 0 Å². The van der Waals surface area contributed by atoms with Gasteiger partial charge in [0.05, 0.1) is 19.3 Å². The molecule has 3 rings (SSSR count). The highest BCUT2D eigenvalue weighted by Gasteiger charge is 2.54. The maximum absolute atomic E-state index is 11.8. The molecule has 16 nitrogen and oxygen atoms in total. The third kappa shape index (κ3) is 5.97. The van der Waals surface area contributed by atoms with Gasteiger partial charge >= 0.3 is 0 Å². The van der Waals surface area contributed by atoms with Crippen molar-refractivity contribution in [2.75, 3.05) is 13.2 Å². The number of hydrogen-bond donors (Lipinski definition) is 10. The van der Waals surface area contributed by atoms with E-state index in [4.69, 9.17) is 23.7 Å². The lowest BCUT2D eigenvalue weighted by Crippen LogP contribution is -2.69. The molecule has 0 saturated carbocycles. The molecule has 210 valence electrons. The molecule has 0 bridgehead atoms. The number of amides is 1. The average Bonchev–Trinajstić information content (AvgIpc) is 2.84. The van der Waals surface area contributed by atoms with Crippen LogP contribution >= 0.6 is 0 Å².